The van der Waals surface area contributed by atoms with Crippen LogP contribution in [0.1, 0.15) is 40.9 Å². The Morgan fingerprint density at radius 3 is 2.94 bits per heavy atom. The highest BCUT2D eigenvalue weighted by atomic mass is 35.5. The van der Waals surface area contributed by atoms with Crippen molar-refractivity contribution in [2.45, 2.75) is 38.6 Å². The average molecular weight is 272 g/mol. The van der Waals surface area contributed by atoms with Gasteiger partial charge in [-0.1, -0.05) is 12.8 Å². The fourth-order valence-corrected chi connectivity index (χ4v) is 3.62. The molecule has 2 rings (SSSR count). The number of hydrogen-bond donors (Lipinski definition) is 1. The van der Waals surface area contributed by atoms with Crippen molar-refractivity contribution in [2.75, 3.05) is 5.88 Å². The first-order chi connectivity index (χ1) is 8.22. The van der Waals surface area contributed by atoms with Gasteiger partial charge in [0.15, 0.2) is 0 Å². The molecule has 1 N–H and O–H groups in total. The predicted molar refractivity (Wildman–Crippen MR) is 73.0 cm³/mol. The molecule has 2 nitrogen and oxygen atoms in total. The third-order valence-corrected chi connectivity index (χ3v) is 4.90. The van der Waals surface area contributed by atoms with Crippen molar-refractivity contribution in [3.05, 3.63) is 21.9 Å². The molecule has 1 aliphatic rings. The summed E-state index contributed by atoms with van der Waals surface area (Å²) in [6.45, 7) is 1.98. The number of rotatable bonds is 3. The van der Waals surface area contributed by atoms with Gasteiger partial charge < -0.3 is 5.32 Å². The Hall–Kier alpha value is -0.540. The summed E-state index contributed by atoms with van der Waals surface area (Å²) in [5.74, 6) is 1.16. The van der Waals surface area contributed by atoms with E-state index in [2.05, 4.69) is 5.32 Å². The standard InChI is InChI=1S/C13H18ClNOS/c1-9-6-7-17-12(9)13(16)15-11-5-3-2-4-10(11)8-14/h6-7,10-11H,2-5,8H2,1H3,(H,15,16). The number of amides is 1. The Morgan fingerprint density at radius 1 is 1.53 bits per heavy atom. The largest absolute Gasteiger partial charge is 0.348 e. The summed E-state index contributed by atoms with van der Waals surface area (Å²) >= 11 is 7.48. The number of halogens is 1. The van der Waals surface area contributed by atoms with Crippen molar-refractivity contribution in [1.29, 1.82) is 0 Å². The van der Waals surface area contributed by atoms with E-state index in [0.717, 1.165) is 23.3 Å². The molecule has 2 unspecified atom stereocenters. The third kappa shape index (κ3) is 3.02. The van der Waals surface area contributed by atoms with Gasteiger partial charge in [-0.3, -0.25) is 4.79 Å². The van der Waals surface area contributed by atoms with Crippen molar-refractivity contribution in [3.63, 3.8) is 0 Å². The lowest BCUT2D eigenvalue weighted by atomic mass is 9.85. The van der Waals surface area contributed by atoms with Crippen molar-refractivity contribution in [2.24, 2.45) is 5.92 Å². The number of carbonyl (C=O) groups is 1. The molecule has 2 atom stereocenters. The van der Waals surface area contributed by atoms with Gasteiger partial charge in [-0.05, 0) is 42.7 Å². The van der Waals surface area contributed by atoms with Gasteiger partial charge in [-0.2, -0.15) is 0 Å². The van der Waals surface area contributed by atoms with Crippen molar-refractivity contribution < 1.29 is 4.79 Å². The summed E-state index contributed by atoms with van der Waals surface area (Å²) in [7, 11) is 0. The summed E-state index contributed by atoms with van der Waals surface area (Å²) in [5.41, 5.74) is 1.06. The van der Waals surface area contributed by atoms with E-state index in [-0.39, 0.29) is 11.9 Å². The highest BCUT2D eigenvalue weighted by Gasteiger charge is 2.26. The number of thiophene rings is 1. The molecular formula is C13H18ClNOS. The molecule has 1 aromatic heterocycles. The maximum Gasteiger partial charge on any atom is 0.261 e. The lowest BCUT2D eigenvalue weighted by Gasteiger charge is -2.30. The number of alkyl halides is 1. The Kier molecular flexibility index (Phi) is 4.46. The third-order valence-electron chi connectivity index (χ3n) is 3.49. The molecule has 4 heteroatoms. The quantitative estimate of drug-likeness (QED) is 0.837. The first-order valence-electron chi connectivity index (χ1n) is 6.13. The molecule has 17 heavy (non-hydrogen) atoms. The number of carbonyl (C=O) groups excluding carboxylic acids is 1. The molecular weight excluding hydrogens is 254 g/mol. The molecule has 1 aromatic rings. The van der Waals surface area contributed by atoms with Crippen LogP contribution in [0.15, 0.2) is 11.4 Å². The molecule has 0 bridgehead atoms. The zero-order valence-electron chi connectivity index (χ0n) is 10.0. The van der Waals surface area contributed by atoms with E-state index in [0.29, 0.717) is 11.8 Å². The smallest absolute Gasteiger partial charge is 0.261 e. The van der Waals surface area contributed by atoms with Crippen LogP contribution in [-0.2, 0) is 0 Å². The molecule has 1 saturated carbocycles. The van der Waals surface area contributed by atoms with Gasteiger partial charge in [0.1, 0.15) is 0 Å². The van der Waals surface area contributed by atoms with Crippen LogP contribution in [0.3, 0.4) is 0 Å². The van der Waals surface area contributed by atoms with E-state index in [1.165, 1.54) is 24.2 Å². The Labute approximate surface area is 111 Å². The fourth-order valence-electron chi connectivity index (χ4n) is 2.42. The summed E-state index contributed by atoms with van der Waals surface area (Å²) in [6.07, 6.45) is 4.63. The zero-order chi connectivity index (χ0) is 12.3. The fraction of sp³-hybridized carbons (Fsp3) is 0.615. The van der Waals surface area contributed by atoms with Gasteiger partial charge in [0.05, 0.1) is 4.88 Å². The monoisotopic (exact) mass is 271 g/mol. The van der Waals surface area contributed by atoms with Crippen molar-refractivity contribution in [1.82, 2.24) is 5.32 Å². The maximum atomic E-state index is 12.1. The molecule has 1 heterocycles. The van der Waals surface area contributed by atoms with Gasteiger partial charge in [0.25, 0.3) is 5.91 Å². The molecule has 0 aromatic carbocycles. The van der Waals surface area contributed by atoms with Crippen LogP contribution in [0.2, 0.25) is 0 Å². The summed E-state index contributed by atoms with van der Waals surface area (Å²) in [5, 5.41) is 5.11. The Morgan fingerprint density at radius 2 is 2.29 bits per heavy atom. The van der Waals surface area contributed by atoms with Crippen LogP contribution >= 0.6 is 22.9 Å². The van der Waals surface area contributed by atoms with E-state index in [1.807, 2.05) is 18.4 Å². The SMILES string of the molecule is Cc1ccsc1C(=O)NC1CCCCC1CCl. The van der Waals surface area contributed by atoms with E-state index in [9.17, 15) is 4.79 Å². The summed E-state index contributed by atoms with van der Waals surface area (Å²) in [6, 6.07) is 2.25. The summed E-state index contributed by atoms with van der Waals surface area (Å²) < 4.78 is 0. The van der Waals surface area contributed by atoms with Crippen LogP contribution in [-0.4, -0.2) is 17.8 Å². The zero-order valence-corrected chi connectivity index (χ0v) is 11.6. The maximum absolute atomic E-state index is 12.1. The topological polar surface area (TPSA) is 29.1 Å². The number of hydrogen-bond acceptors (Lipinski definition) is 2. The molecule has 0 saturated heterocycles. The molecule has 1 fully saturated rings. The van der Waals surface area contributed by atoms with E-state index >= 15 is 0 Å². The van der Waals surface area contributed by atoms with Crippen LogP contribution in [0.4, 0.5) is 0 Å². The Bertz CT molecular complexity index is 391. The van der Waals surface area contributed by atoms with Gasteiger partial charge in [0.2, 0.25) is 0 Å². The van der Waals surface area contributed by atoms with Crippen molar-refractivity contribution in [3.8, 4) is 0 Å². The van der Waals surface area contributed by atoms with Crippen LogP contribution in [0.25, 0.3) is 0 Å². The Balaban J connectivity index is 2.00. The second-order valence-corrected chi connectivity index (χ2v) is 5.94. The van der Waals surface area contributed by atoms with Crippen LogP contribution < -0.4 is 5.32 Å². The van der Waals surface area contributed by atoms with Crippen LogP contribution in [0, 0.1) is 12.8 Å². The average Bonchev–Trinajstić information content (AvgIpc) is 2.76. The number of aryl methyl sites for hydroxylation is 1. The molecule has 0 radical (unpaired) electrons. The molecule has 94 valence electrons. The van der Waals surface area contributed by atoms with E-state index in [4.69, 9.17) is 11.6 Å². The summed E-state index contributed by atoms with van der Waals surface area (Å²) in [4.78, 5) is 12.9. The minimum Gasteiger partial charge on any atom is -0.348 e. The lowest BCUT2D eigenvalue weighted by molar-refractivity contribution is 0.0915. The minimum atomic E-state index is 0.0690. The lowest BCUT2D eigenvalue weighted by Crippen LogP contribution is -2.42. The van der Waals surface area contributed by atoms with Crippen LogP contribution in [0.5, 0.6) is 0 Å². The number of nitrogens with one attached hydrogen (secondary N) is 1. The molecule has 0 spiro atoms. The predicted octanol–water partition coefficient (Wildman–Crippen LogP) is 3.58. The van der Waals surface area contributed by atoms with E-state index in [1.54, 1.807) is 0 Å². The second kappa shape index (κ2) is 5.87. The minimum absolute atomic E-state index is 0.0690. The molecule has 0 aliphatic heterocycles. The van der Waals surface area contributed by atoms with Gasteiger partial charge in [-0.25, -0.2) is 0 Å². The molecule has 1 amide bonds. The van der Waals surface area contributed by atoms with Crippen molar-refractivity contribution >= 4 is 28.8 Å². The highest BCUT2D eigenvalue weighted by molar-refractivity contribution is 7.12. The normalized spacial score (nSPS) is 24.6. The first kappa shape index (κ1) is 12.9. The first-order valence-corrected chi connectivity index (χ1v) is 7.54. The van der Waals surface area contributed by atoms with Gasteiger partial charge in [-0.15, -0.1) is 22.9 Å². The van der Waals surface area contributed by atoms with E-state index < -0.39 is 0 Å². The highest BCUT2D eigenvalue weighted by Crippen LogP contribution is 2.26. The van der Waals surface area contributed by atoms with Gasteiger partial charge >= 0.3 is 0 Å². The second-order valence-electron chi connectivity index (χ2n) is 4.71. The molecule has 1 aliphatic carbocycles. The van der Waals surface area contributed by atoms with Gasteiger partial charge in [0, 0.05) is 11.9 Å².